The van der Waals surface area contributed by atoms with Crippen LogP contribution in [0.1, 0.15) is 5.69 Å². The van der Waals surface area contributed by atoms with E-state index in [1.165, 1.54) is 38.4 Å². The fourth-order valence-electron chi connectivity index (χ4n) is 3.41. The Balaban J connectivity index is 2.17. The first-order valence-corrected chi connectivity index (χ1v) is 10.2. The molecular formula is C21H16FN3O3S. The Labute approximate surface area is 166 Å². The van der Waals surface area contributed by atoms with Gasteiger partial charge in [-0.2, -0.15) is 5.10 Å². The molecule has 0 aliphatic heterocycles. The number of benzene rings is 2. The largest absolute Gasteiger partial charge is 0.275 e. The van der Waals surface area contributed by atoms with Crippen molar-refractivity contribution in [3.63, 3.8) is 0 Å². The van der Waals surface area contributed by atoms with Gasteiger partial charge in [-0.3, -0.25) is 4.79 Å². The molecule has 4 aromatic rings. The second-order valence-corrected chi connectivity index (χ2v) is 8.36. The van der Waals surface area contributed by atoms with Crippen LogP contribution < -0.4 is 5.56 Å². The molecule has 146 valence electrons. The molecular weight excluding hydrogens is 393 g/mol. The Kier molecular flexibility index (Phi) is 4.50. The van der Waals surface area contributed by atoms with E-state index in [1.807, 2.05) is 0 Å². The van der Waals surface area contributed by atoms with E-state index in [-0.39, 0.29) is 21.2 Å². The van der Waals surface area contributed by atoms with Crippen LogP contribution >= 0.6 is 0 Å². The van der Waals surface area contributed by atoms with Gasteiger partial charge in [-0.1, -0.05) is 36.4 Å². The van der Waals surface area contributed by atoms with Gasteiger partial charge < -0.3 is 0 Å². The molecule has 0 radical (unpaired) electrons. The molecule has 0 bridgehead atoms. The molecule has 2 aromatic heterocycles. The van der Waals surface area contributed by atoms with Gasteiger partial charge in [0.15, 0.2) is 5.03 Å². The Morgan fingerprint density at radius 3 is 2.34 bits per heavy atom. The van der Waals surface area contributed by atoms with Crippen molar-refractivity contribution in [3.8, 4) is 11.1 Å². The maximum Gasteiger partial charge on any atom is 0.275 e. The summed E-state index contributed by atoms with van der Waals surface area (Å²) in [5, 5.41) is 4.61. The average Bonchev–Trinajstić information content (AvgIpc) is 2.72. The summed E-state index contributed by atoms with van der Waals surface area (Å²) in [5.41, 5.74) is -0.174. The predicted molar refractivity (Wildman–Crippen MR) is 107 cm³/mol. The fourth-order valence-corrected chi connectivity index (χ4v) is 4.98. The lowest BCUT2D eigenvalue weighted by molar-refractivity contribution is 0.587. The van der Waals surface area contributed by atoms with Gasteiger partial charge in [0.25, 0.3) is 5.56 Å². The van der Waals surface area contributed by atoms with Crippen molar-refractivity contribution in [1.82, 2.24) is 14.8 Å². The molecule has 0 atom stereocenters. The van der Waals surface area contributed by atoms with E-state index in [1.54, 1.807) is 36.4 Å². The standard InChI is InChI=1S/C21H16FN3O3S/c1-13-20(29(27,28)18-9-5-6-12-23-18)19(21(26)25(2)24-13)16-10-11-17(22)15-8-4-3-7-14(15)16/h3-12H,1-2H3. The van der Waals surface area contributed by atoms with Gasteiger partial charge in [0.1, 0.15) is 10.7 Å². The highest BCUT2D eigenvalue weighted by atomic mass is 32.2. The number of hydrogen-bond acceptors (Lipinski definition) is 5. The number of nitrogens with zero attached hydrogens (tertiary/aromatic N) is 3. The number of pyridine rings is 1. The van der Waals surface area contributed by atoms with Crippen molar-refractivity contribution in [3.05, 3.63) is 82.7 Å². The molecule has 8 heteroatoms. The monoisotopic (exact) mass is 409 g/mol. The minimum atomic E-state index is -4.15. The van der Waals surface area contributed by atoms with E-state index in [9.17, 15) is 17.6 Å². The highest BCUT2D eigenvalue weighted by Gasteiger charge is 2.30. The van der Waals surface area contributed by atoms with Crippen molar-refractivity contribution >= 4 is 20.6 Å². The molecule has 6 nitrogen and oxygen atoms in total. The second-order valence-electron chi connectivity index (χ2n) is 6.53. The second kappa shape index (κ2) is 6.89. The molecule has 0 aliphatic rings. The van der Waals surface area contributed by atoms with Crippen molar-refractivity contribution in [1.29, 1.82) is 0 Å². The third kappa shape index (κ3) is 3.01. The van der Waals surface area contributed by atoms with Crippen molar-refractivity contribution in [2.24, 2.45) is 7.05 Å². The van der Waals surface area contributed by atoms with Crippen LogP contribution in [-0.4, -0.2) is 23.2 Å². The first kappa shape index (κ1) is 18.9. The normalized spacial score (nSPS) is 11.7. The Morgan fingerprint density at radius 1 is 0.966 bits per heavy atom. The maximum absolute atomic E-state index is 14.3. The molecule has 0 saturated carbocycles. The summed E-state index contributed by atoms with van der Waals surface area (Å²) in [5.74, 6) is -0.457. The van der Waals surface area contributed by atoms with Crippen LogP contribution in [0.3, 0.4) is 0 Å². The van der Waals surface area contributed by atoms with Crippen molar-refractivity contribution in [2.45, 2.75) is 16.8 Å². The average molecular weight is 409 g/mol. The zero-order chi connectivity index (χ0) is 20.8. The van der Waals surface area contributed by atoms with E-state index < -0.39 is 21.2 Å². The summed E-state index contributed by atoms with van der Waals surface area (Å²) < 4.78 is 42.2. The highest BCUT2D eigenvalue weighted by Crippen LogP contribution is 2.35. The smallest absolute Gasteiger partial charge is 0.267 e. The van der Waals surface area contributed by atoms with Gasteiger partial charge in [0.2, 0.25) is 9.84 Å². The van der Waals surface area contributed by atoms with Gasteiger partial charge in [0, 0.05) is 18.6 Å². The third-order valence-electron chi connectivity index (χ3n) is 4.69. The van der Waals surface area contributed by atoms with E-state index in [0.717, 1.165) is 4.68 Å². The highest BCUT2D eigenvalue weighted by molar-refractivity contribution is 7.91. The van der Waals surface area contributed by atoms with E-state index in [0.29, 0.717) is 16.3 Å². The minimum Gasteiger partial charge on any atom is -0.267 e. The lowest BCUT2D eigenvalue weighted by Crippen LogP contribution is -2.26. The van der Waals surface area contributed by atoms with Crippen molar-refractivity contribution < 1.29 is 12.8 Å². The summed E-state index contributed by atoms with van der Waals surface area (Å²) in [6.45, 7) is 1.52. The molecule has 0 saturated heterocycles. The topological polar surface area (TPSA) is 81.9 Å². The summed E-state index contributed by atoms with van der Waals surface area (Å²) >= 11 is 0. The first-order valence-electron chi connectivity index (χ1n) is 8.74. The Hall–Kier alpha value is -3.39. The van der Waals surface area contributed by atoms with Gasteiger partial charge in [-0.05, 0) is 36.1 Å². The Bertz CT molecular complexity index is 1410. The molecule has 0 unspecified atom stereocenters. The number of aryl methyl sites for hydroxylation is 2. The molecule has 0 amide bonds. The molecule has 0 N–H and O–H groups in total. The van der Waals surface area contributed by atoms with Crippen LogP contribution in [0.4, 0.5) is 4.39 Å². The fraction of sp³-hybridized carbons (Fsp3) is 0.0952. The lowest BCUT2D eigenvalue weighted by atomic mass is 9.98. The van der Waals surface area contributed by atoms with Crippen molar-refractivity contribution in [2.75, 3.05) is 0 Å². The zero-order valence-corrected chi connectivity index (χ0v) is 16.4. The lowest BCUT2D eigenvalue weighted by Gasteiger charge is -2.15. The minimum absolute atomic E-state index is 0.0538. The molecule has 2 heterocycles. The number of aromatic nitrogens is 3. The summed E-state index contributed by atoms with van der Waals surface area (Å²) in [4.78, 5) is 16.8. The molecule has 0 aliphatic carbocycles. The number of halogens is 1. The van der Waals surface area contributed by atoms with Crippen LogP contribution in [0, 0.1) is 12.7 Å². The summed E-state index contributed by atoms with van der Waals surface area (Å²) in [7, 11) is -2.70. The van der Waals surface area contributed by atoms with Gasteiger partial charge in [-0.25, -0.2) is 22.5 Å². The molecule has 0 fully saturated rings. The zero-order valence-electron chi connectivity index (χ0n) is 15.6. The Morgan fingerprint density at radius 2 is 1.66 bits per heavy atom. The quantitative estimate of drug-likeness (QED) is 0.519. The van der Waals surface area contributed by atoms with Gasteiger partial charge >= 0.3 is 0 Å². The van der Waals surface area contributed by atoms with Crippen LogP contribution in [0.25, 0.3) is 21.9 Å². The summed E-state index contributed by atoms with van der Waals surface area (Å²) in [6, 6.07) is 13.8. The third-order valence-corrected chi connectivity index (χ3v) is 6.51. The van der Waals surface area contributed by atoms with Crippen LogP contribution in [0.15, 0.2) is 75.5 Å². The maximum atomic E-state index is 14.3. The van der Waals surface area contributed by atoms with E-state index >= 15 is 0 Å². The molecule has 2 aromatic carbocycles. The summed E-state index contributed by atoms with van der Waals surface area (Å²) in [6.07, 6.45) is 1.36. The molecule has 29 heavy (non-hydrogen) atoms. The number of fused-ring (bicyclic) bond motifs is 1. The first-order chi connectivity index (χ1) is 13.8. The van der Waals surface area contributed by atoms with E-state index in [4.69, 9.17) is 0 Å². The molecule has 0 spiro atoms. The molecule has 4 rings (SSSR count). The number of rotatable bonds is 3. The van der Waals surface area contributed by atoms with Crippen LogP contribution in [0.2, 0.25) is 0 Å². The van der Waals surface area contributed by atoms with Crippen LogP contribution in [0.5, 0.6) is 0 Å². The van der Waals surface area contributed by atoms with Gasteiger partial charge in [-0.15, -0.1) is 0 Å². The van der Waals surface area contributed by atoms with E-state index in [2.05, 4.69) is 10.1 Å². The number of sulfone groups is 1. The SMILES string of the molecule is Cc1nn(C)c(=O)c(-c2ccc(F)c3ccccc23)c1S(=O)(=O)c1ccccn1. The number of hydrogen-bond donors (Lipinski definition) is 0. The predicted octanol–water partition coefficient (Wildman–Crippen LogP) is 3.28. The van der Waals surface area contributed by atoms with Crippen LogP contribution in [-0.2, 0) is 16.9 Å². The van der Waals surface area contributed by atoms with Gasteiger partial charge in [0.05, 0.1) is 11.3 Å².